The summed E-state index contributed by atoms with van der Waals surface area (Å²) >= 11 is 3.59. The van der Waals surface area contributed by atoms with Gasteiger partial charge in [0, 0.05) is 41.3 Å². The van der Waals surface area contributed by atoms with Crippen LogP contribution in [0.5, 0.6) is 5.75 Å². The van der Waals surface area contributed by atoms with Crippen molar-refractivity contribution in [1.82, 2.24) is 9.80 Å². The molecule has 0 saturated carbocycles. The van der Waals surface area contributed by atoms with Crippen LogP contribution in [0.4, 0.5) is 10.5 Å². The Morgan fingerprint density at radius 3 is 1.80 bits per heavy atom. The Morgan fingerprint density at radius 2 is 1.27 bits per heavy atom. The first-order chi connectivity index (χ1) is 24.9. The number of halogens is 1. The third-order valence-electron chi connectivity index (χ3n) is 10.2. The SMILES string of the molecule is COc1ccc(NC(=O)N2C[C@@H](O)[C@@H](O)CN3[C@H](COC(c4ccccc4)(c4ccccc4)c4ccccc4)[C@H](c4ccc(Br)cc4)[C@@H]3C2)cc1. The molecule has 0 aliphatic carbocycles. The molecule has 0 radical (unpaired) electrons. The molecule has 0 spiro atoms. The van der Waals surface area contributed by atoms with Gasteiger partial charge in [-0.1, -0.05) is 119 Å². The minimum absolute atomic E-state index is 0.000845. The van der Waals surface area contributed by atoms with Gasteiger partial charge in [0.15, 0.2) is 0 Å². The first-order valence-corrected chi connectivity index (χ1v) is 18.0. The number of amides is 2. The van der Waals surface area contributed by atoms with E-state index in [4.69, 9.17) is 9.47 Å². The van der Waals surface area contributed by atoms with E-state index in [1.165, 1.54) is 0 Å². The lowest BCUT2D eigenvalue weighted by molar-refractivity contribution is -0.133. The predicted molar refractivity (Wildman–Crippen MR) is 202 cm³/mol. The van der Waals surface area contributed by atoms with Gasteiger partial charge in [-0.15, -0.1) is 0 Å². The van der Waals surface area contributed by atoms with Gasteiger partial charge in [-0.3, -0.25) is 4.90 Å². The van der Waals surface area contributed by atoms with Gasteiger partial charge in [0.1, 0.15) is 11.4 Å². The zero-order valence-electron chi connectivity index (χ0n) is 28.4. The normalized spacial score (nSPS) is 22.2. The molecule has 9 heteroatoms. The number of anilines is 1. The number of carbonyl (C=O) groups excluding carboxylic acids is 1. The molecule has 2 fully saturated rings. The average Bonchev–Trinajstić information content (AvgIpc) is 3.17. The summed E-state index contributed by atoms with van der Waals surface area (Å²) in [6.07, 6.45) is -2.20. The molecule has 8 nitrogen and oxygen atoms in total. The van der Waals surface area contributed by atoms with Gasteiger partial charge in [-0.25, -0.2) is 4.79 Å². The highest BCUT2D eigenvalue weighted by atomic mass is 79.9. The Hall–Kier alpha value is -4.51. The maximum absolute atomic E-state index is 13.8. The molecule has 262 valence electrons. The number of nitrogens with one attached hydrogen (secondary N) is 1. The molecule has 2 amide bonds. The fourth-order valence-electron chi connectivity index (χ4n) is 7.64. The van der Waals surface area contributed by atoms with E-state index in [1.807, 2.05) is 66.7 Å². The van der Waals surface area contributed by atoms with Crippen molar-refractivity contribution in [2.24, 2.45) is 0 Å². The van der Waals surface area contributed by atoms with Crippen LogP contribution in [-0.4, -0.2) is 83.7 Å². The molecule has 0 bridgehead atoms. The van der Waals surface area contributed by atoms with E-state index in [-0.39, 0.29) is 37.1 Å². The van der Waals surface area contributed by atoms with Crippen LogP contribution in [0.2, 0.25) is 0 Å². The molecule has 2 heterocycles. The summed E-state index contributed by atoms with van der Waals surface area (Å²) in [5.74, 6) is 0.654. The van der Waals surface area contributed by atoms with Crippen LogP contribution in [0, 0.1) is 0 Å². The maximum atomic E-state index is 13.8. The number of rotatable bonds is 9. The summed E-state index contributed by atoms with van der Waals surface area (Å²) in [6.45, 7) is 0.914. The first-order valence-electron chi connectivity index (χ1n) is 17.2. The maximum Gasteiger partial charge on any atom is 0.321 e. The van der Waals surface area contributed by atoms with Crippen LogP contribution in [0.1, 0.15) is 28.2 Å². The Kier molecular flexibility index (Phi) is 10.5. The summed E-state index contributed by atoms with van der Waals surface area (Å²) in [6, 6.07) is 45.6. The summed E-state index contributed by atoms with van der Waals surface area (Å²) < 4.78 is 13.6. The van der Waals surface area contributed by atoms with E-state index in [2.05, 4.69) is 74.7 Å². The van der Waals surface area contributed by atoms with Gasteiger partial charge < -0.3 is 29.9 Å². The van der Waals surface area contributed by atoms with Crippen molar-refractivity contribution in [3.63, 3.8) is 0 Å². The number of ether oxygens (including phenoxy) is 2. The van der Waals surface area contributed by atoms with Crippen molar-refractivity contribution >= 4 is 27.6 Å². The van der Waals surface area contributed by atoms with E-state index in [0.717, 1.165) is 26.7 Å². The molecule has 0 unspecified atom stereocenters. The third-order valence-corrected chi connectivity index (χ3v) is 10.8. The minimum atomic E-state index is -1.13. The molecule has 2 aliphatic heterocycles. The zero-order chi connectivity index (χ0) is 35.4. The van der Waals surface area contributed by atoms with Gasteiger partial charge >= 0.3 is 6.03 Å². The predicted octanol–water partition coefficient (Wildman–Crippen LogP) is 6.87. The number of urea groups is 1. The largest absolute Gasteiger partial charge is 0.497 e. The number of hydrogen-bond acceptors (Lipinski definition) is 6. The highest BCUT2D eigenvalue weighted by Crippen LogP contribution is 2.46. The van der Waals surface area contributed by atoms with Crippen molar-refractivity contribution in [3.8, 4) is 5.75 Å². The van der Waals surface area contributed by atoms with Gasteiger partial charge in [-0.2, -0.15) is 0 Å². The number of fused-ring (bicyclic) bond motifs is 1. The molecule has 51 heavy (non-hydrogen) atoms. The van der Waals surface area contributed by atoms with Gasteiger partial charge in [0.2, 0.25) is 0 Å². The summed E-state index contributed by atoms with van der Waals surface area (Å²) in [4.78, 5) is 17.6. The molecule has 2 aliphatic rings. The smallest absolute Gasteiger partial charge is 0.321 e. The van der Waals surface area contributed by atoms with Gasteiger partial charge in [0.25, 0.3) is 0 Å². The highest BCUT2D eigenvalue weighted by molar-refractivity contribution is 9.10. The molecular formula is C42H42BrN3O5. The van der Waals surface area contributed by atoms with Crippen LogP contribution in [0.25, 0.3) is 0 Å². The Labute approximate surface area is 307 Å². The molecule has 5 aromatic rings. The quantitative estimate of drug-likeness (QED) is 0.143. The first kappa shape index (κ1) is 34.9. The van der Waals surface area contributed by atoms with Crippen LogP contribution in [0.15, 0.2) is 144 Å². The molecule has 5 aromatic carbocycles. The van der Waals surface area contributed by atoms with E-state index in [0.29, 0.717) is 24.6 Å². The number of aliphatic hydroxyl groups excluding tert-OH is 2. The van der Waals surface area contributed by atoms with Gasteiger partial charge in [0.05, 0.1) is 32.5 Å². The van der Waals surface area contributed by atoms with Crippen molar-refractivity contribution in [1.29, 1.82) is 0 Å². The number of methoxy groups -OCH3 is 1. The van der Waals surface area contributed by atoms with Crippen LogP contribution in [-0.2, 0) is 10.3 Å². The van der Waals surface area contributed by atoms with E-state index >= 15 is 0 Å². The van der Waals surface area contributed by atoms with E-state index in [1.54, 1.807) is 36.3 Å². The molecule has 2 saturated heterocycles. The van der Waals surface area contributed by atoms with Crippen molar-refractivity contribution in [2.75, 3.05) is 38.7 Å². The second-order valence-corrected chi connectivity index (χ2v) is 14.1. The van der Waals surface area contributed by atoms with Gasteiger partial charge in [-0.05, 0) is 58.7 Å². The number of aliphatic hydroxyl groups is 2. The van der Waals surface area contributed by atoms with Crippen molar-refractivity contribution in [3.05, 3.63) is 166 Å². The zero-order valence-corrected chi connectivity index (χ0v) is 30.0. The van der Waals surface area contributed by atoms with E-state index < -0.39 is 17.8 Å². The molecule has 3 N–H and O–H groups in total. The second kappa shape index (κ2) is 15.4. The lowest BCUT2D eigenvalue weighted by atomic mass is 9.73. The average molecular weight is 749 g/mol. The Bertz CT molecular complexity index is 1780. The molecule has 7 rings (SSSR count). The summed E-state index contributed by atoms with van der Waals surface area (Å²) in [5.41, 5.74) is 3.81. The monoisotopic (exact) mass is 747 g/mol. The van der Waals surface area contributed by atoms with Crippen LogP contribution >= 0.6 is 15.9 Å². The fraction of sp³-hybridized carbons (Fsp3) is 0.262. The Morgan fingerprint density at radius 1 is 0.745 bits per heavy atom. The fourth-order valence-corrected chi connectivity index (χ4v) is 7.90. The number of carbonyl (C=O) groups is 1. The number of β-amino-alcohol motifs (C(OH)–C–C–N with tert-alkyl or cyclic N) is 1. The van der Waals surface area contributed by atoms with Crippen LogP contribution < -0.4 is 10.1 Å². The van der Waals surface area contributed by atoms with Crippen molar-refractivity contribution in [2.45, 2.75) is 35.8 Å². The standard InChI is InChI=1S/C42H42BrN3O5/c1-50-35-23-21-34(22-24-35)44-41(49)45-25-36-40(29-17-19-33(43)20-18-29)37(46(36)27-39(48)38(47)26-45)28-51-42(30-11-5-2-6-12-30,31-13-7-3-8-14-31)32-15-9-4-10-16-32/h2-24,36-40,47-48H,25-28H2,1H3,(H,44,49)/t36-,37+,38+,39-,40+/m0/s1. The lowest BCUT2D eigenvalue weighted by Crippen LogP contribution is -2.71. The molecular weight excluding hydrogens is 706 g/mol. The van der Waals surface area contributed by atoms with Crippen molar-refractivity contribution < 1.29 is 24.5 Å². The molecule has 5 atom stereocenters. The Balaban J connectivity index is 1.24. The van der Waals surface area contributed by atoms with E-state index in [9.17, 15) is 15.0 Å². The third kappa shape index (κ3) is 7.18. The lowest BCUT2D eigenvalue weighted by Gasteiger charge is -2.58. The molecule has 0 aromatic heterocycles. The minimum Gasteiger partial charge on any atom is -0.497 e. The number of nitrogens with zero attached hydrogens (tertiary/aromatic N) is 2. The van der Waals surface area contributed by atoms with Crippen LogP contribution in [0.3, 0.4) is 0 Å². The second-order valence-electron chi connectivity index (χ2n) is 13.2. The topological polar surface area (TPSA) is 94.5 Å². The highest BCUT2D eigenvalue weighted by Gasteiger charge is 2.53. The summed E-state index contributed by atoms with van der Waals surface area (Å²) in [7, 11) is 1.59. The number of hydrogen-bond donors (Lipinski definition) is 3. The number of benzene rings is 5. The summed E-state index contributed by atoms with van der Waals surface area (Å²) in [5, 5.41) is 25.4.